The number of halogens is 2. The van der Waals surface area contributed by atoms with Crippen LogP contribution in [-0.4, -0.2) is 34.3 Å². The maximum absolute atomic E-state index is 11.2. The van der Waals surface area contributed by atoms with Gasteiger partial charge in [0.05, 0.1) is 10.0 Å². The third-order valence-electron chi connectivity index (χ3n) is 5.73. The molecule has 1 saturated carbocycles. The van der Waals surface area contributed by atoms with E-state index >= 15 is 0 Å². The molecule has 1 aliphatic carbocycles. The maximum Gasteiger partial charge on any atom is 0.407 e. The summed E-state index contributed by atoms with van der Waals surface area (Å²) in [6.07, 6.45) is 7.13. The van der Waals surface area contributed by atoms with Gasteiger partial charge in [0, 0.05) is 30.1 Å². The molecular formula is C21H22Cl2N2O3. The van der Waals surface area contributed by atoms with E-state index in [1.165, 1.54) is 4.90 Å². The van der Waals surface area contributed by atoms with Gasteiger partial charge in [-0.2, -0.15) is 0 Å². The maximum atomic E-state index is 11.2. The number of hydrogen-bond donors (Lipinski definition) is 1. The topological polar surface area (TPSA) is 66.6 Å². The highest BCUT2D eigenvalue weighted by Crippen LogP contribution is 2.47. The average molecular weight is 421 g/mol. The summed E-state index contributed by atoms with van der Waals surface area (Å²) >= 11 is 12.8. The van der Waals surface area contributed by atoms with Crippen molar-refractivity contribution in [3.8, 4) is 11.3 Å². The minimum atomic E-state index is -0.850. The van der Waals surface area contributed by atoms with Gasteiger partial charge in [-0.1, -0.05) is 53.5 Å². The predicted octanol–water partition coefficient (Wildman–Crippen LogP) is 6.32. The molecule has 2 aliphatic rings. The number of amides is 1. The van der Waals surface area contributed by atoms with Crippen LogP contribution < -0.4 is 0 Å². The number of carboxylic acid groups (broad SMARTS) is 1. The highest BCUT2D eigenvalue weighted by atomic mass is 35.5. The summed E-state index contributed by atoms with van der Waals surface area (Å²) in [7, 11) is 0. The fourth-order valence-electron chi connectivity index (χ4n) is 3.68. The molecule has 5 nitrogen and oxygen atoms in total. The smallest absolute Gasteiger partial charge is 0.407 e. The Bertz CT molecular complexity index is 905. The van der Waals surface area contributed by atoms with Crippen molar-refractivity contribution in [3.63, 3.8) is 0 Å². The Morgan fingerprint density at radius 3 is 2.50 bits per heavy atom. The van der Waals surface area contributed by atoms with Crippen LogP contribution in [0.25, 0.3) is 17.3 Å². The number of rotatable bonds is 4. The SMILES string of the molecule is CC1(/C=C\c2c(-c3c(Cl)cccc3Cl)noc2C2CC2)CCN(C(=O)O)CC1. The average Bonchev–Trinajstić information content (AvgIpc) is 3.41. The van der Waals surface area contributed by atoms with Gasteiger partial charge in [0.2, 0.25) is 0 Å². The fourth-order valence-corrected chi connectivity index (χ4v) is 4.25. The van der Waals surface area contributed by atoms with Gasteiger partial charge in [-0.05, 0) is 43.2 Å². The quantitative estimate of drug-likeness (QED) is 0.628. The third kappa shape index (κ3) is 3.78. The minimum Gasteiger partial charge on any atom is -0.465 e. The standard InChI is InChI=1S/C21H22Cl2N2O3/c1-21(9-11-25(12-10-21)20(26)27)8-7-14-18(24-28-19(14)13-5-6-13)17-15(22)3-2-4-16(17)23/h2-4,7-8,13H,5-6,9-12H2,1H3,(H,26,27)/b8-7-. The van der Waals surface area contributed by atoms with Crippen molar-refractivity contribution in [2.75, 3.05) is 13.1 Å². The normalized spacial score (nSPS) is 19.3. The Kier molecular flexibility index (Phi) is 5.15. The highest BCUT2D eigenvalue weighted by molar-refractivity contribution is 6.39. The van der Waals surface area contributed by atoms with E-state index in [9.17, 15) is 4.79 Å². The highest BCUT2D eigenvalue weighted by Gasteiger charge is 2.34. The molecule has 0 unspecified atom stereocenters. The van der Waals surface area contributed by atoms with E-state index in [4.69, 9.17) is 32.8 Å². The lowest BCUT2D eigenvalue weighted by atomic mass is 9.79. The van der Waals surface area contributed by atoms with Crippen molar-refractivity contribution in [1.29, 1.82) is 0 Å². The Morgan fingerprint density at radius 1 is 1.29 bits per heavy atom. The molecule has 7 heteroatoms. The van der Waals surface area contributed by atoms with Gasteiger partial charge in [0.25, 0.3) is 0 Å². The zero-order valence-corrected chi connectivity index (χ0v) is 17.1. The van der Waals surface area contributed by atoms with Gasteiger partial charge in [-0.15, -0.1) is 0 Å². The molecule has 2 fully saturated rings. The number of nitrogens with zero attached hydrogens (tertiary/aromatic N) is 2. The van der Waals surface area contributed by atoms with E-state index < -0.39 is 6.09 Å². The van der Waals surface area contributed by atoms with Crippen LogP contribution in [0.5, 0.6) is 0 Å². The van der Waals surface area contributed by atoms with Gasteiger partial charge in [-0.3, -0.25) is 0 Å². The molecule has 1 N–H and O–H groups in total. The van der Waals surface area contributed by atoms with Crippen LogP contribution in [0.4, 0.5) is 4.79 Å². The summed E-state index contributed by atoms with van der Waals surface area (Å²) in [5.41, 5.74) is 2.21. The van der Waals surface area contributed by atoms with Crippen LogP contribution in [0, 0.1) is 5.41 Å². The second-order valence-corrected chi connectivity index (χ2v) is 8.75. The largest absolute Gasteiger partial charge is 0.465 e. The molecule has 2 heterocycles. The molecule has 148 valence electrons. The summed E-state index contributed by atoms with van der Waals surface area (Å²) < 4.78 is 5.70. The summed E-state index contributed by atoms with van der Waals surface area (Å²) in [5, 5.41) is 14.6. The van der Waals surface area contributed by atoms with Crippen LogP contribution in [-0.2, 0) is 0 Å². The van der Waals surface area contributed by atoms with Crippen LogP contribution in [0.3, 0.4) is 0 Å². The first kappa shape index (κ1) is 19.3. The first-order chi connectivity index (χ1) is 13.4. The molecule has 0 spiro atoms. The van der Waals surface area contributed by atoms with Gasteiger partial charge in [0.1, 0.15) is 11.5 Å². The summed E-state index contributed by atoms with van der Waals surface area (Å²) in [5.74, 6) is 1.28. The molecule has 28 heavy (non-hydrogen) atoms. The van der Waals surface area contributed by atoms with Crippen molar-refractivity contribution >= 4 is 35.4 Å². The lowest BCUT2D eigenvalue weighted by Gasteiger charge is -2.36. The predicted molar refractivity (Wildman–Crippen MR) is 110 cm³/mol. The zero-order chi connectivity index (χ0) is 19.9. The molecule has 0 bridgehead atoms. The van der Waals surface area contributed by atoms with Crippen LogP contribution in [0.15, 0.2) is 28.8 Å². The molecule has 0 radical (unpaired) electrons. The Balaban J connectivity index is 1.67. The van der Waals surface area contributed by atoms with E-state index in [1.807, 2.05) is 6.07 Å². The van der Waals surface area contributed by atoms with Crippen molar-refractivity contribution < 1.29 is 14.4 Å². The van der Waals surface area contributed by atoms with Crippen LogP contribution >= 0.6 is 23.2 Å². The Morgan fingerprint density at radius 2 is 1.93 bits per heavy atom. The minimum absolute atomic E-state index is 0.0778. The van der Waals surface area contributed by atoms with Crippen molar-refractivity contribution in [2.45, 2.75) is 38.5 Å². The lowest BCUT2D eigenvalue weighted by Crippen LogP contribution is -2.40. The van der Waals surface area contributed by atoms with E-state index in [1.54, 1.807) is 12.1 Å². The van der Waals surface area contributed by atoms with Crippen molar-refractivity contribution in [1.82, 2.24) is 10.1 Å². The number of piperidine rings is 1. The van der Waals surface area contributed by atoms with E-state index in [0.717, 1.165) is 37.0 Å². The number of benzene rings is 1. The summed E-state index contributed by atoms with van der Waals surface area (Å²) in [6, 6.07) is 5.40. The summed E-state index contributed by atoms with van der Waals surface area (Å²) in [4.78, 5) is 12.6. The monoisotopic (exact) mass is 420 g/mol. The Labute approximate surface area is 173 Å². The number of carbonyl (C=O) groups is 1. The van der Waals surface area contributed by atoms with Crippen molar-refractivity contribution in [3.05, 3.63) is 45.6 Å². The molecule has 2 aromatic rings. The van der Waals surface area contributed by atoms with E-state index in [2.05, 4.69) is 24.2 Å². The number of aromatic nitrogens is 1. The molecular weight excluding hydrogens is 399 g/mol. The molecule has 1 aromatic carbocycles. The first-order valence-electron chi connectivity index (χ1n) is 9.49. The Hall–Kier alpha value is -1.98. The van der Waals surface area contributed by atoms with E-state index in [0.29, 0.717) is 40.3 Å². The van der Waals surface area contributed by atoms with Gasteiger partial charge >= 0.3 is 6.09 Å². The first-order valence-corrected chi connectivity index (χ1v) is 10.2. The molecule has 1 aromatic heterocycles. The third-order valence-corrected chi connectivity index (χ3v) is 6.36. The summed E-state index contributed by atoms with van der Waals surface area (Å²) in [6.45, 7) is 3.24. The van der Waals surface area contributed by atoms with Gasteiger partial charge < -0.3 is 14.5 Å². The second kappa shape index (κ2) is 7.45. The second-order valence-electron chi connectivity index (χ2n) is 7.94. The van der Waals surface area contributed by atoms with Gasteiger partial charge in [-0.25, -0.2) is 4.79 Å². The number of likely N-dealkylation sites (tertiary alicyclic amines) is 1. The van der Waals surface area contributed by atoms with Gasteiger partial charge in [0.15, 0.2) is 0 Å². The van der Waals surface area contributed by atoms with Crippen molar-refractivity contribution in [2.24, 2.45) is 5.41 Å². The van der Waals surface area contributed by atoms with Crippen LogP contribution in [0.2, 0.25) is 10.0 Å². The van der Waals surface area contributed by atoms with E-state index in [-0.39, 0.29) is 5.41 Å². The number of hydrogen-bond acceptors (Lipinski definition) is 3. The number of allylic oxidation sites excluding steroid dienone is 1. The molecule has 1 amide bonds. The zero-order valence-electron chi connectivity index (χ0n) is 15.6. The molecule has 1 saturated heterocycles. The molecule has 4 rings (SSSR count). The lowest BCUT2D eigenvalue weighted by molar-refractivity contribution is 0.113. The fraction of sp³-hybridized carbons (Fsp3) is 0.429. The molecule has 0 atom stereocenters. The van der Waals surface area contributed by atoms with Crippen LogP contribution in [0.1, 0.15) is 49.8 Å². The molecule has 1 aliphatic heterocycles.